The zero-order chi connectivity index (χ0) is 16.5. The summed E-state index contributed by atoms with van der Waals surface area (Å²) in [4.78, 5) is 21.2. The van der Waals surface area contributed by atoms with Gasteiger partial charge in [-0.05, 0) is 12.1 Å². The van der Waals surface area contributed by atoms with Crippen LogP contribution >= 0.6 is 11.3 Å². The number of amides is 1. The van der Waals surface area contributed by atoms with E-state index in [0.29, 0.717) is 21.9 Å². The Morgan fingerprint density at radius 1 is 1.17 bits per heavy atom. The summed E-state index contributed by atoms with van der Waals surface area (Å²) in [6.07, 6.45) is 3.30. The van der Waals surface area contributed by atoms with Crippen molar-refractivity contribution in [2.24, 2.45) is 0 Å². The van der Waals surface area contributed by atoms with Crippen LogP contribution < -0.4 is 11.1 Å². The predicted octanol–water partition coefficient (Wildman–Crippen LogP) is 3.18. The molecule has 3 heterocycles. The quantitative estimate of drug-likeness (QED) is 0.594. The molecule has 0 aliphatic carbocycles. The third-order valence-corrected chi connectivity index (χ3v) is 4.24. The van der Waals surface area contributed by atoms with Gasteiger partial charge in [0, 0.05) is 23.2 Å². The van der Waals surface area contributed by atoms with Crippen LogP contribution in [0.2, 0.25) is 0 Å². The molecular formula is C16H11N5O2S. The SMILES string of the molecule is Nc1onc(-c2nccs2)c1C(=O)Nc1cccc2cccnc12. The number of nitrogen functional groups attached to an aromatic ring is 1. The molecule has 3 aromatic heterocycles. The molecule has 0 unspecified atom stereocenters. The number of thiazole rings is 1. The normalized spacial score (nSPS) is 10.8. The number of nitrogens with zero attached hydrogens (tertiary/aromatic N) is 3. The van der Waals surface area contributed by atoms with Crippen molar-refractivity contribution >= 4 is 39.7 Å². The van der Waals surface area contributed by atoms with Crippen molar-refractivity contribution in [2.75, 3.05) is 11.1 Å². The van der Waals surface area contributed by atoms with Crippen LogP contribution in [0.25, 0.3) is 21.6 Å². The van der Waals surface area contributed by atoms with Crippen molar-refractivity contribution in [3.8, 4) is 10.7 Å². The van der Waals surface area contributed by atoms with Crippen LogP contribution in [0.3, 0.4) is 0 Å². The molecule has 0 spiro atoms. The standard InChI is InChI=1S/C16H11N5O2S/c17-14-11(13(21-23-14)16-19-7-8-24-16)15(22)20-10-5-1-3-9-4-2-6-18-12(9)10/h1-8H,17H2,(H,20,22). The number of carbonyl (C=O) groups excluding carboxylic acids is 1. The van der Waals surface area contributed by atoms with Gasteiger partial charge in [-0.25, -0.2) is 4.98 Å². The van der Waals surface area contributed by atoms with Gasteiger partial charge in [0.05, 0.1) is 11.2 Å². The highest BCUT2D eigenvalue weighted by molar-refractivity contribution is 7.13. The molecule has 0 saturated heterocycles. The number of pyridine rings is 1. The maximum absolute atomic E-state index is 12.7. The number of hydrogen-bond acceptors (Lipinski definition) is 7. The molecule has 24 heavy (non-hydrogen) atoms. The summed E-state index contributed by atoms with van der Waals surface area (Å²) in [5, 5.41) is 9.96. The minimum Gasteiger partial charge on any atom is -0.367 e. The van der Waals surface area contributed by atoms with Gasteiger partial charge in [-0.3, -0.25) is 9.78 Å². The fourth-order valence-corrected chi connectivity index (χ4v) is 3.02. The number of fused-ring (bicyclic) bond motifs is 1. The van der Waals surface area contributed by atoms with Crippen LogP contribution in [-0.2, 0) is 0 Å². The molecule has 3 N–H and O–H groups in total. The predicted molar refractivity (Wildman–Crippen MR) is 91.7 cm³/mol. The van der Waals surface area contributed by atoms with Crippen LogP contribution in [0.15, 0.2) is 52.6 Å². The van der Waals surface area contributed by atoms with E-state index in [0.717, 1.165) is 5.39 Å². The minimum atomic E-state index is -0.419. The third-order valence-electron chi connectivity index (χ3n) is 3.46. The summed E-state index contributed by atoms with van der Waals surface area (Å²) >= 11 is 1.35. The average molecular weight is 337 g/mol. The number of benzene rings is 1. The van der Waals surface area contributed by atoms with E-state index >= 15 is 0 Å². The van der Waals surface area contributed by atoms with Crippen LogP contribution in [-0.4, -0.2) is 21.0 Å². The van der Waals surface area contributed by atoms with E-state index in [9.17, 15) is 4.79 Å². The summed E-state index contributed by atoms with van der Waals surface area (Å²) in [6, 6.07) is 9.31. The van der Waals surface area contributed by atoms with Crippen LogP contribution in [0, 0.1) is 0 Å². The first-order valence-electron chi connectivity index (χ1n) is 7.04. The summed E-state index contributed by atoms with van der Waals surface area (Å²) in [5.41, 5.74) is 7.56. The smallest absolute Gasteiger partial charge is 0.263 e. The molecule has 0 fully saturated rings. The molecule has 0 aliphatic rings. The maximum Gasteiger partial charge on any atom is 0.263 e. The molecule has 118 valence electrons. The zero-order valence-corrected chi connectivity index (χ0v) is 13.1. The van der Waals surface area contributed by atoms with Gasteiger partial charge < -0.3 is 15.6 Å². The molecule has 0 aliphatic heterocycles. The Balaban J connectivity index is 1.74. The van der Waals surface area contributed by atoms with E-state index in [1.807, 2.05) is 24.3 Å². The molecule has 0 atom stereocenters. The second-order valence-electron chi connectivity index (χ2n) is 4.94. The number of nitrogens with one attached hydrogen (secondary N) is 1. The number of rotatable bonds is 3. The Morgan fingerprint density at radius 3 is 2.88 bits per heavy atom. The maximum atomic E-state index is 12.7. The first-order valence-corrected chi connectivity index (χ1v) is 7.92. The Labute approximate surface area is 140 Å². The number of para-hydroxylation sites is 1. The van der Waals surface area contributed by atoms with Crippen molar-refractivity contribution in [3.63, 3.8) is 0 Å². The Bertz CT molecular complexity index is 1020. The van der Waals surface area contributed by atoms with Crippen molar-refractivity contribution in [1.82, 2.24) is 15.1 Å². The van der Waals surface area contributed by atoms with Crippen molar-refractivity contribution in [2.45, 2.75) is 0 Å². The lowest BCUT2D eigenvalue weighted by atomic mass is 10.1. The summed E-state index contributed by atoms with van der Waals surface area (Å²) in [6.45, 7) is 0. The van der Waals surface area contributed by atoms with Gasteiger partial charge in [-0.1, -0.05) is 23.4 Å². The molecule has 1 amide bonds. The summed E-state index contributed by atoms with van der Waals surface area (Å²) in [7, 11) is 0. The lowest BCUT2D eigenvalue weighted by molar-refractivity contribution is 0.102. The monoisotopic (exact) mass is 337 g/mol. The number of carbonyl (C=O) groups is 1. The highest BCUT2D eigenvalue weighted by atomic mass is 32.1. The highest BCUT2D eigenvalue weighted by Gasteiger charge is 2.24. The van der Waals surface area contributed by atoms with Crippen LogP contribution in [0.5, 0.6) is 0 Å². The number of anilines is 2. The van der Waals surface area contributed by atoms with Gasteiger partial charge in [0.1, 0.15) is 10.6 Å². The zero-order valence-electron chi connectivity index (χ0n) is 12.3. The molecule has 8 heteroatoms. The van der Waals surface area contributed by atoms with Crippen molar-refractivity contribution in [1.29, 1.82) is 0 Å². The number of hydrogen-bond donors (Lipinski definition) is 2. The second kappa shape index (κ2) is 5.74. The fraction of sp³-hybridized carbons (Fsp3) is 0. The van der Waals surface area contributed by atoms with E-state index in [4.69, 9.17) is 10.3 Å². The first kappa shape index (κ1) is 14.3. The number of aromatic nitrogens is 3. The molecule has 1 aromatic carbocycles. The van der Waals surface area contributed by atoms with Crippen LogP contribution in [0.1, 0.15) is 10.4 Å². The second-order valence-corrected chi connectivity index (χ2v) is 5.84. The van der Waals surface area contributed by atoms with Gasteiger partial charge in [-0.15, -0.1) is 11.3 Å². The lowest BCUT2D eigenvalue weighted by Crippen LogP contribution is -2.14. The highest BCUT2D eigenvalue weighted by Crippen LogP contribution is 2.30. The fourth-order valence-electron chi connectivity index (χ4n) is 2.40. The van der Waals surface area contributed by atoms with Crippen LogP contribution in [0.4, 0.5) is 11.6 Å². The molecule has 4 rings (SSSR count). The molecule has 0 saturated carbocycles. The third kappa shape index (κ3) is 2.38. The summed E-state index contributed by atoms with van der Waals surface area (Å²) in [5.74, 6) is -0.469. The minimum absolute atomic E-state index is 0.0501. The largest absolute Gasteiger partial charge is 0.367 e. The van der Waals surface area contributed by atoms with Gasteiger partial charge in [0.2, 0.25) is 5.88 Å². The Kier molecular flexibility index (Phi) is 3.43. The molecule has 0 bridgehead atoms. The van der Waals surface area contributed by atoms with Gasteiger partial charge >= 0.3 is 0 Å². The Hall–Kier alpha value is -3.26. The van der Waals surface area contributed by atoms with E-state index in [-0.39, 0.29) is 11.4 Å². The average Bonchev–Trinajstić information content (AvgIpc) is 3.24. The molecular weight excluding hydrogens is 326 g/mol. The number of nitrogens with two attached hydrogens (primary N) is 1. The van der Waals surface area contributed by atoms with Gasteiger partial charge in [-0.2, -0.15) is 0 Å². The van der Waals surface area contributed by atoms with E-state index in [2.05, 4.69) is 20.4 Å². The Morgan fingerprint density at radius 2 is 2.04 bits per heavy atom. The lowest BCUT2D eigenvalue weighted by Gasteiger charge is -2.07. The molecule has 0 radical (unpaired) electrons. The van der Waals surface area contributed by atoms with E-state index < -0.39 is 5.91 Å². The molecule has 7 nitrogen and oxygen atoms in total. The molecule has 4 aromatic rings. The van der Waals surface area contributed by atoms with Gasteiger partial charge in [0.15, 0.2) is 5.69 Å². The first-order chi connectivity index (χ1) is 11.7. The van der Waals surface area contributed by atoms with Crippen molar-refractivity contribution in [3.05, 3.63) is 53.7 Å². The summed E-state index contributed by atoms with van der Waals surface area (Å²) < 4.78 is 4.98. The topological polar surface area (TPSA) is 107 Å². The van der Waals surface area contributed by atoms with Gasteiger partial charge in [0.25, 0.3) is 5.91 Å². The van der Waals surface area contributed by atoms with E-state index in [1.165, 1.54) is 11.3 Å². The van der Waals surface area contributed by atoms with Crippen molar-refractivity contribution < 1.29 is 9.32 Å². The van der Waals surface area contributed by atoms with E-state index in [1.54, 1.807) is 23.8 Å².